The van der Waals surface area contributed by atoms with Gasteiger partial charge in [-0.3, -0.25) is 4.79 Å². The van der Waals surface area contributed by atoms with E-state index in [1.165, 1.54) is 0 Å². The number of fused-ring (bicyclic) bond motifs is 1. The highest BCUT2D eigenvalue weighted by molar-refractivity contribution is 5.84. The van der Waals surface area contributed by atoms with Crippen LogP contribution in [0.4, 0.5) is 0 Å². The van der Waals surface area contributed by atoms with Crippen LogP contribution in [0.3, 0.4) is 0 Å². The molecule has 0 aromatic heterocycles. The van der Waals surface area contributed by atoms with Crippen LogP contribution in [-0.2, 0) is 9.53 Å². The molecule has 2 aromatic rings. The number of benzene rings is 2. The highest BCUT2D eigenvalue weighted by Gasteiger charge is 2.24. The largest absolute Gasteiger partial charge is 0.484 e. The third kappa shape index (κ3) is 3.16. The number of amides is 1. The quantitative estimate of drug-likeness (QED) is 0.866. The van der Waals surface area contributed by atoms with Crippen LogP contribution in [0.2, 0.25) is 0 Å². The SMILES string of the molecule is CN(C(=O)COc1ccc2ccccc2c1)C1CCOC1. The Bertz CT molecular complexity index is 635. The van der Waals surface area contributed by atoms with Gasteiger partial charge in [-0.1, -0.05) is 30.3 Å². The summed E-state index contributed by atoms with van der Waals surface area (Å²) in [6.45, 7) is 1.41. The standard InChI is InChI=1S/C17H19NO3/c1-18(15-8-9-20-11-15)17(19)12-21-16-7-6-13-4-2-3-5-14(13)10-16/h2-7,10,15H,8-9,11-12H2,1H3. The molecule has 1 atom stereocenters. The Labute approximate surface area is 124 Å². The van der Waals surface area contributed by atoms with Gasteiger partial charge in [0.25, 0.3) is 5.91 Å². The smallest absolute Gasteiger partial charge is 0.260 e. The Hall–Kier alpha value is -2.07. The number of rotatable bonds is 4. The molecule has 0 bridgehead atoms. The van der Waals surface area contributed by atoms with E-state index >= 15 is 0 Å². The maximum absolute atomic E-state index is 12.1. The lowest BCUT2D eigenvalue weighted by Gasteiger charge is -2.23. The maximum atomic E-state index is 12.1. The van der Waals surface area contributed by atoms with E-state index in [9.17, 15) is 4.79 Å². The van der Waals surface area contributed by atoms with Crippen molar-refractivity contribution in [2.75, 3.05) is 26.9 Å². The summed E-state index contributed by atoms with van der Waals surface area (Å²) in [5, 5.41) is 2.27. The Morgan fingerprint density at radius 1 is 1.29 bits per heavy atom. The summed E-state index contributed by atoms with van der Waals surface area (Å²) in [6.07, 6.45) is 0.901. The lowest BCUT2D eigenvalue weighted by atomic mass is 10.1. The molecule has 1 fully saturated rings. The van der Waals surface area contributed by atoms with Gasteiger partial charge in [0.2, 0.25) is 0 Å². The molecule has 1 saturated heterocycles. The van der Waals surface area contributed by atoms with Crippen molar-refractivity contribution in [1.82, 2.24) is 4.90 Å². The molecule has 1 amide bonds. The Kier molecular flexibility index (Phi) is 4.06. The second-order valence-corrected chi connectivity index (χ2v) is 5.32. The molecule has 21 heavy (non-hydrogen) atoms. The van der Waals surface area contributed by atoms with Crippen molar-refractivity contribution in [2.24, 2.45) is 0 Å². The lowest BCUT2D eigenvalue weighted by Crippen LogP contribution is -2.40. The zero-order valence-electron chi connectivity index (χ0n) is 12.1. The monoisotopic (exact) mass is 285 g/mol. The predicted octanol–water partition coefficient (Wildman–Crippen LogP) is 2.47. The van der Waals surface area contributed by atoms with E-state index in [1.54, 1.807) is 4.90 Å². The number of nitrogens with zero attached hydrogens (tertiary/aromatic N) is 1. The summed E-state index contributed by atoms with van der Waals surface area (Å²) in [7, 11) is 1.81. The van der Waals surface area contributed by atoms with Gasteiger partial charge in [-0.25, -0.2) is 0 Å². The van der Waals surface area contributed by atoms with Gasteiger partial charge in [0.1, 0.15) is 5.75 Å². The molecule has 4 nitrogen and oxygen atoms in total. The van der Waals surface area contributed by atoms with Gasteiger partial charge in [-0.05, 0) is 29.3 Å². The molecule has 0 N–H and O–H groups in total. The second kappa shape index (κ2) is 6.14. The first kappa shape index (κ1) is 13.9. The molecule has 2 aromatic carbocycles. The second-order valence-electron chi connectivity index (χ2n) is 5.32. The Morgan fingerprint density at radius 3 is 2.86 bits per heavy atom. The molecule has 4 heteroatoms. The minimum atomic E-state index is -0.0151. The molecule has 0 saturated carbocycles. The molecule has 1 unspecified atom stereocenters. The van der Waals surface area contributed by atoms with Crippen LogP contribution >= 0.6 is 0 Å². The summed E-state index contributed by atoms with van der Waals surface area (Å²) < 4.78 is 10.9. The number of hydrogen-bond donors (Lipinski definition) is 0. The number of ether oxygens (including phenoxy) is 2. The van der Waals surface area contributed by atoms with Crippen molar-refractivity contribution in [2.45, 2.75) is 12.5 Å². The van der Waals surface area contributed by atoms with E-state index < -0.39 is 0 Å². The van der Waals surface area contributed by atoms with Crippen molar-refractivity contribution in [3.05, 3.63) is 42.5 Å². The first-order valence-electron chi connectivity index (χ1n) is 7.19. The topological polar surface area (TPSA) is 38.8 Å². The number of hydrogen-bond acceptors (Lipinski definition) is 3. The van der Waals surface area contributed by atoms with Crippen LogP contribution in [0.5, 0.6) is 5.75 Å². The van der Waals surface area contributed by atoms with Gasteiger partial charge in [0.05, 0.1) is 12.6 Å². The van der Waals surface area contributed by atoms with E-state index in [0.717, 1.165) is 29.5 Å². The van der Waals surface area contributed by atoms with Crippen LogP contribution in [0, 0.1) is 0 Å². The molecule has 0 radical (unpaired) electrons. The number of carbonyl (C=O) groups excluding carboxylic acids is 1. The normalized spacial score (nSPS) is 17.9. The van der Waals surface area contributed by atoms with Crippen LogP contribution < -0.4 is 4.74 Å². The summed E-state index contributed by atoms with van der Waals surface area (Å²) in [5.41, 5.74) is 0. The summed E-state index contributed by atoms with van der Waals surface area (Å²) in [5.74, 6) is 0.705. The predicted molar refractivity (Wildman–Crippen MR) is 81.4 cm³/mol. The van der Waals surface area contributed by atoms with E-state index in [-0.39, 0.29) is 18.6 Å². The zero-order chi connectivity index (χ0) is 14.7. The fourth-order valence-electron chi connectivity index (χ4n) is 2.54. The maximum Gasteiger partial charge on any atom is 0.260 e. The third-order valence-corrected chi connectivity index (χ3v) is 3.93. The van der Waals surface area contributed by atoms with Gasteiger partial charge >= 0.3 is 0 Å². The summed E-state index contributed by atoms with van der Waals surface area (Å²) in [4.78, 5) is 13.8. The highest BCUT2D eigenvalue weighted by Crippen LogP contribution is 2.20. The van der Waals surface area contributed by atoms with Crippen LogP contribution in [-0.4, -0.2) is 43.7 Å². The fourth-order valence-corrected chi connectivity index (χ4v) is 2.54. The Balaban J connectivity index is 1.61. The van der Waals surface area contributed by atoms with E-state index in [4.69, 9.17) is 9.47 Å². The molecular weight excluding hydrogens is 266 g/mol. The van der Waals surface area contributed by atoms with Crippen molar-refractivity contribution in [3.8, 4) is 5.75 Å². The van der Waals surface area contributed by atoms with Crippen LogP contribution in [0.15, 0.2) is 42.5 Å². The molecule has 1 aliphatic heterocycles. The van der Waals surface area contributed by atoms with E-state index in [0.29, 0.717) is 6.61 Å². The van der Waals surface area contributed by atoms with Gasteiger partial charge in [0, 0.05) is 13.7 Å². The highest BCUT2D eigenvalue weighted by atomic mass is 16.5. The molecule has 110 valence electrons. The van der Waals surface area contributed by atoms with Crippen LogP contribution in [0.25, 0.3) is 10.8 Å². The number of likely N-dealkylation sites (N-methyl/N-ethyl adjacent to an activating group) is 1. The fraction of sp³-hybridized carbons (Fsp3) is 0.353. The first-order valence-corrected chi connectivity index (χ1v) is 7.19. The first-order chi connectivity index (χ1) is 10.2. The Morgan fingerprint density at radius 2 is 2.10 bits per heavy atom. The van der Waals surface area contributed by atoms with E-state index in [2.05, 4.69) is 6.07 Å². The minimum absolute atomic E-state index is 0.0151. The molecule has 3 rings (SSSR count). The molecule has 1 heterocycles. The minimum Gasteiger partial charge on any atom is -0.484 e. The average molecular weight is 285 g/mol. The van der Waals surface area contributed by atoms with Crippen molar-refractivity contribution in [1.29, 1.82) is 0 Å². The average Bonchev–Trinajstić information content (AvgIpc) is 3.06. The molecule has 0 spiro atoms. The third-order valence-electron chi connectivity index (χ3n) is 3.93. The van der Waals surface area contributed by atoms with Gasteiger partial charge < -0.3 is 14.4 Å². The summed E-state index contributed by atoms with van der Waals surface area (Å²) in [6, 6.07) is 14.1. The van der Waals surface area contributed by atoms with Crippen molar-refractivity contribution >= 4 is 16.7 Å². The van der Waals surface area contributed by atoms with Crippen molar-refractivity contribution in [3.63, 3.8) is 0 Å². The van der Waals surface area contributed by atoms with Gasteiger partial charge in [-0.2, -0.15) is 0 Å². The number of carbonyl (C=O) groups is 1. The summed E-state index contributed by atoms with van der Waals surface area (Å²) >= 11 is 0. The van der Waals surface area contributed by atoms with Gasteiger partial charge in [0.15, 0.2) is 6.61 Å². The van der Waals surface area contributed by atoms with Gasteiger partial charge in [-0.15, -0.1) is 0 Å². The molecule has 1 aliphatic rings. The zero-order valence-corrected chi connectivity index (χ0v) is 12.1. The van der Waals surface area contributed by atoms with Crippen LogP contribution in [0.1, 0.15) is 6.42 Å². The molecule has 0 aliphatic carbocycles. The molecular formula is C17H19NO3. The van der Waals surface area contributed by atoms with Crippen molar-refractivity contribution < 1.29 is 14.3 Å². The van der Waals surface area contributed by atoms with E-state index in [1.807, 2.05) is 43.4 Å². The lowest BCUT2D eigenvalue weighted by molar-refractivity contribution is -0.134.